The number of alkyl halides is 3. The molecule has 2 heterocycles. The predicted molar refractivity (Wildman–Crippen MR) is 112 cm³/mol. The number of carbonyl (C=O) groups excluding carboxylic acids is 1. The molecule has 174 valence electrons. The van der Waals surface area contributed by atoms with E-state index in [4.69, 9.17) is 9.47 Å². The van der Waals surface area contributed by atoms with Gasteiger partial charge < -0.3 is 20.1 Å². The molecule has 2 atom stereocenters. The fourth-order valence-corrected chi connectivity index (χ4v) is 3.75. The zero-order chi connectivity index (χ0) is 23.8. The van der Waals surface area contributed by atoms with Gasteiger partial charge in [-0.15, -0.1) is 0 Å². The van der Waals surface area contributed by atoms with Gasteiger partial charge in [0.1, 0.15) is 17.2 Å². The first kappa shape index (κ1) is 22.4. The van der Waals surface area contributed by atoms with E-state index < -0.39 is 30.0 Å². The number of rotatable bonds is 5. The lowest BCUT2D eigenvalue weighted by atomic mass is 9.96. The Morgan fingerprint density at radius 2 is 1.82 bits per heavy atom. The Labute approximate surface area is 186 Å². The van der Waals surface area contributed by atoms with Gasteiger partial charge in [0.2, 0.25) is 0 Å². The number of amides is 1. The van der Waals surface area contributed by atoms with Gasteiger partial charge in [-0.1, -0.05) is 12.1 Å². The Bertz CT molecular complexity index is 1160. The maximum atomic E-state index is 13.8. The molecule has 0 unspecified atom stereocenters. The van der Waals surface area contributed by atoms with Crippen LogP contribution < -0.4 is 20.1 Å². The molecular formula is C22H20F4N4O3. The Balaban J connectivity index is 1.66. The SMILES string of the molecule is COc1ccc(NC(=O)c2cnn3c2N[C@H](c2ccc(F)cc2)C[C@@H]3C(F)(F)F)cc1OC. The summed E-state index contributed by atoms with van der Waals surface area (Å²) in [5.41, 5.74) is 0.756. The summed E-state index contributed by atoms with van der Waals surface area (Å²) in [6.07, 6.45) is -3.87. The van der Waals surface area contributed by atoms with Crippen molar-refractivity contribution in [1.82, 2.24) is 9.78 Å². The van der Waals surface area contributed by atoms with Crippen LogP contribution in [0.15, 0.2) is 48.7 Å². The van der Waals surface area contributed by atoms with Gasteiger partial charge in [-0.05, 0) is 29.8 Å². The van der Waals surface area contributed by atoms with Gasteiger partial charge in [0.15, 0.2) is 17.5 Å². The molecule has 1 amide bonds. The first-order valence-corrected chi connectivity index (χ1v) is 9.91. The average Bonchev–Trinajstić information content (AvgIpc) is 3.22. The highest BCUT2D eigenvalue weighted by Gasteiger charge is 2.47. The monoisotopic (exact) mass is 464 g/mol. The molecular weight excluding hydrogens is 444 g/mol. The molecule has 2 aromatic carbocycles. The number of benzene rings is 2. The third-order valence-electron chi connectivity index (χ3n) is 5.40. The Kier molecular flexibility index (Phi) is 5.88. The predicted octanol–water partition coefficient (Wildman–Crippen LogP) is 4.95. The summed E-state index contributed by atoms with van der Waals surface area (Å²) in [5.74, 6) is -0.399. The third kappa shape index (κ3) is 4.43. The molecule has 0 spiro atoms. The van der Waals surface area contributed by atoms with Crippen molar-refractivity contribution in [3.63, 3.8) is 0 Å². The topological polar surface area (TPSA) is 77.4 Å². The van der Waals surface area contributed by atoms with E-state index in [0.717, 1.165) is 10.9 Å². The van der Waals surface area contributed by atoms with Crippen molar-refractivity contribution in [1.29, 1.82) is 0 Å². The van der Waals surface area contributed by atoms with E-state index in [1.165, 1.54) is 44.6 Å². The number of nitrogens with zero attached hydrogens (tertiary/aromatic N) is 2. The lowest BCUT2D eigenvalue weighted by Gasteiger charge is -2.34. The van der Waals surface area contributed by atoms with Crippen molar-refractivity contribution in [2.45, 2.75) is 24.7 Å². The van der Waals surface area contributed by atoms with Crippen molar-refractivity contribution < 1.29 is 31.8 Å². The molecule has 2 N–H and O–H groups in total. The van der Waals surface area contributed by atoms with Gasteiger partial charge in [0, 0.05) is 18.2 Å². The van der Waals surface area contributed by atoms with Crippen molar-refractivity contribution in [2.75, 3.05) is 24.9 Å². The summed E-state index contributed by atoms with van der Waals surface area (Å²) < 4.78 is 65.9. The highest BCUT2D eigenvalue weighted by Crippen LogP contribution is 2.44. The number of nitrogens with one attached hydrogen (secondary N) is 2. The Morgan fingerprint density at radius 1 is 1.12 bits per heavy atom. The zero-order valence-corrected chi connectivity index (χ0v) is 17.6. The molecule has 33 heavy (non-hydrogen) atoms. The van der Waals surface area contributed by atoms with E-state index in [1.54, 1.807) is 12.1 Å². The van der Waals surface area contributed by atoms with Crippen LogP contribution in [0.4, 0.5) is 29.1 Å². The van der Waals surface area contributed by atoms with Crippen LogP contribution in [0.2, 0.25) is 0 Å². The largest absolute Gasteiger partial charge is 0.493 e. The lowest BCUT2D eigenvalue weighted by Crippen LogP contribution is -2.36. The van der Waals surface area contributed by atoms with Gasteiger partial charge in [-0.2, -0.15) is 18.3 Å². The summed E-state index contributed by atoms with van der Waals surface area (Å²) in [6, 6.07) is 7.12. The molecule has 0 saturated carbocycles. The zero-order valence-electron chi connectivity index (χ0n) is 17.6. The van der Waals surface area contributed by atoms with E-state index in [9.17, 15) is 22.4 Å². The number of hydrogen-bond acceptors (Lipinski definition) is 5. The van der Waals surface area contributed by atoms with Crippen molar-refractivity contribution in [3.05, 3.63) is 65.6 Å². The van der Waals surface area contributed by atoms with Crippen molar-refractivity contribution in [3.8, 4) is 11.5 Å². The first-order chi connectivity index (χ1) is 15.7. The van der Waals surface area contributed by atoms with Gasteiger partial charge in [-0.3, -0.25) is 4.79 Å². The maximum Gasteiger partial charge on any atom is 0.410 e. The first-order valence-electron chi connectivity index (χ1n) is 9.91. The quantitative estimate of drug-likeness (QED) is 0.523. The average molecular weight is 464 g/mol. The Morgan fingerprint density at radius 3 is 2.45 bits per heavy atom. The van der Waals surface area contributed by atoms with Gasteiger partial charge in [0.05, 0.1) is 26.5 Å². The van der Waals surface area contributed by atoms with Crippen LogP contribution in [-0.4, -0.2) is 36.1 Å². The summed E-state index contributed by atoms with van der Waals surface area (Å²) >= 11 is 0. The number of ether oxygens (including phenoxy) is 2. The normalized spacial score (nSPS) is 17.6. The van der Waals surface area contributed by atoms with Crippen LogP contribution in [0.3, 0.4) is 0 Å². The molecule has 0 aliphatic carbocycles. The van der Waals surface area contributed by atoms with Crippen LogP contribution in [0, 0.1) is 5.82 Å². The number of halogens is 4. The minimum atomic E-state index is -4.60. The van der Waals surface area contributed by atoms with Gasteiger partial charge in [0.25, 0.3) is 5.91 Å². The summed E-state index contributed by atoms with van der Waals surface area (Å²) in [5, 5.41) is 9.44. The standard InChI is InChI=1S/C22H20F4N4O3/c1-32-17-8-7-14(9-18(17)33-2)28-21(31)15-11-27-30-19(22(24,25)26)10-16(29-20(15)30)12-3-5-13(23)6-4-12/h3-9,11,16,19,29H,10H2,1-2H3,(H,28,31)/t16-,19+/m0/s1. The highest BCUT2D eigenvalue weighted by atomic mass is 19.4. The number of anilines is 2. The smallest absolute Gasteiger partial charge is 0.410 e. The minimum absolute atomic E-state index is 0.0640. The molecule has 3 aromatic rings. The molecule has 0 radical (unpaired) electrons. The molecule has 0 bridgehead atoms. The molecule has 1 aromatic heterocycles. The second kappa shape index (κ2) is 8.64. The highest BCUT2D eigenvalue weighted by molar-refractivity contribution is 6.07. The van der Waals surface area contributed by atoms with Crippen LogP contribution in [-0.2, 0) is 0 Å². The molecule has 7 nitrogen and oxygen atoms in total. The number of hydrogen-bond donors (Lipinski definition) is 2. The fourth-order valence-electron chi connectivity index (χ4n) is 3.75. The fraction of sp³-hybridized carbons (Fsp3) is 0.273. The second-order valence-electron chi connectivity index (χ2n) is 7.42. The minimum Gasteiger partial charge on any atom is -0.493 e. The molecule has 1 aliphatic rings. The van der Waals surface area contributed by atoms with E-state index in [-0.39, 0.29) is 17.8 Å². The Hall–Kier alpha value is -3.76. The molecule has 1 aliphatic heterocycles. The van der Waals surface area contributed by atoms with Crippen LogP contribution in [0.1, 0.15) is 34.4 Å². The molecule has 4 rings (SSSR count). The second-order valence-corrected chi connectivity index (χ2v) is 7.42. The van der Waals surface area contributed by atoms with E-state index >= 15 is 0 Å². The molecule has 11 heteroatoms. The summed E-state index contributed by atoms with van der Waals surface area (Å²) in [6.45, 7) is 0. The van der Waals surface area contributed by atoms with E-state index in [1.807, 2.05) is 0 Å². The van der Waals surface area contributed by atoms with Crippen LogP contribution >= 0.6 is 0 Å². The lowest BCUT2D eigenvalue weighted by molar-refractivity contribution is -0.173. The van der Waals surface area contributed by atoms with Crippen molar-refractivity contribution in [2.24, 2.45) is 0 Å². The van der Waals surface area contributed by atoms with Crippen LogP contribution in [0.25, 0.3) is 0 Å². The molecule has 0 saturated heterocycles. The number of aromatic nitrogens is 2. The van der Waals surface area contributed by atoms with E-state index in [2.05, 4.69) is 15.7 Å². The van der Waals surface area contributed by atoms with Gasteiger partial charge >= 0.3 is 6.18 Å². The number of fused-ring (bicyclic) bond motifs is 1. The van der Waals surface area contributed by atoms with Crippen LogP contribution in [0.5, 0.6) is 11.5 Å². The summed E-state index contributed by atoms with van der Waals surface area (Å²) in [4.78, 5) is 12.9. The number of carbonyl (C=O) groups is 1. The van der Waals surface area contributed by atoms with Gasteiger partial charge in [-0.25, -0.2) is 9.07 Å². The summed E-state index contributed by atoms with van der Waals surface area (Å²) in [7, 11) is 2.91. The van der Waals surface area contributed by atoms with Crippen molar-refractivity contribution >= 4 is 17.4 Å². The third-order valence-corrected chi connectivity index (χ3v) is 5.40. The van der Waals surface area contributed by atoms with E-state index in [0.29, 0.717) is 22.7 Å². The number of methoxy groups -OCH3 is 2. The maximum absolute atomic E-state index is 13.8. The molecule has 0 fully saturated rings.